The van der Waals surface area contributed by atoms with Gasteiger partial charge in [-0.3, -0.25) is 4.98 Å². The van der Waals surface area contributed by atoms with Gasteiger partial charge in [-0.05, 0) is 18.8 Å². The number of nitrogens with two attached hydrogens (primary N) is 1. The van der Waals surface area contributed by atoms with E-state index in [1.165, 1.54) is 12.3 Å². The first-order chi connectivity index (χ1) is 6.09. The Morgan fingerprint density at radius 1 is 1.54 bits per heavy atom. The molecule has 2 nitrogen and oxygen atoms in total. The van der Waals surface area contributed by atoms with Gasteiger partial charge in [-0.1, -0.05) is 13.8 Å². The van der Waals surface area contributed by atoms with E-state index in [0.29, 0.717) is 11.6 Å². The molecule has 0 aliphatic carbocycles. The van der Waals surface area contributed by atoms with E-state index in [1.807, 2.05) is 0 Å². The normalized spacial score (nSPS) is 10.8. The molecular formula is C10H15FN2. The average Bonchev–Trinajstić information content (AvgIpc) is 2.02. The van der Waals surface area contributed by atoms with Crippen LogP contribution in [0.2, 0.25) is 0 Å². The van der Waals surface area contributed by atoms with Gasteiger partial charge in [0.15, 0.2) is 0 Å². The van der Waals surface area contributed by atoms with Gasteiger partial charge in [0.25, 0.3) is 0 Å². The minimum atomic E-state index is -0.370. The van der Waals surface area contributed by atoms with Crippen LogP contribution in [0.1, 0.15) is 26.0 Å². The molecule has 0 fully saturated rings. The smallest absolute Gasteiger partial charge is 0.143 e. The molecule has 72 valence electrons. The third-order valence-electron chi connectivity index (χ3n) is 1.93. The summed E-state index contributed by atoms with van der Waals surface area (Å²) in [6, 6.07) is 1.32. The highest BCUT2D eigenvalue weighted by atomic mass is 19.1. The molecule has 0 radical (unpaired) electrons. The second kappa shape index (κ2) is 4.21. The van der Waals surface area contributed by atoms with Crippen molar-refractivity contribution in [1.29, 1.82) is 0 Å². The number of halogens is 1. The first-order valence-electron chi connectivity index (χ1n) is 4.49. The lowest BCUT2D eigenvalue weighted by molar-refractivity contribution is 0.578. The first-order valence-corrected chi connectivity index (χ1v) is 4.49. The maximum atomic E-state index is 12.6. The summed E-state index contributed by atoms with van der Waals surface area (Å²) < 4.78 is 12.6. The van der Waals surface area contributed by atoms with Gasteiger partial charge in [0.05, 0.1) is 17.6 Å². The molecule has 0 aromatic carbocycles. The Hall–Kier alpha value is -1.12. The van der Waals surface area contributed by atoms with Crippen molar-refractivity contribution in [2.75, 3.05) is 5.73 Å². The van der Waals surface area contributed by atoms with Crippen LogP contribution in [0.5, 0.6) is 0 Å². The highest BCUT2D eigenvalue weighted by Gasteiger charge is 2.03. The molecule has 1 aromatic heterocycles. The Balaban J connectivity index is 2.67. The van der Waals surface area contributed by atoms with Gasteiger partial charge in [0, 0.05) is 6.07 Å². The second-order valence-electron chi connectivity index (χ2n) is 3.62. The largest absolute Gasteiger partial charge is 0.397 e. The summed E-state index contributed by atoms with van der Waals surface area (Å²) in [6.07, 6.45) is 3.07. The van der Waals surface area contributed by atoms with E-state index in [-0.39, 0.29) is 5.82 Å². The van der Waals surface area contributed by atoms with Crippen LogP contribution in [0.25, 0.3) is 0 Å². The van der Waals surface area contributed by atoms with E-state index >= 15 is 0 Å². The van der Waals surface area contributed by atoms with Crippen molar-refractivity contribution < 1.29 is 4.39 Å². The van der Waals surface area contributed by atoms with Crippen LogP contribution < -0.4 is 5.73 Å². The van der Waals surface area contributed by atoms with Crippen molar-refractivity contribution in [3.8, 4) is 0 Å². The fourth-order valence-electron chi connectivity index (χ4n) is 1.12. The van der Waals surface area contributed by atoms with Crippen molar-refractivity contribution in [1.82, 2.24) is 4.98 Å². The van der Waals surface area contributed by atoms with Gasteiger partial charge in [0.2, 0.25) is 0 Å². The van der Waals surface area contributed by atoms with Crippen molar-refractivity contribution >= 4 is 5.69 Å². The minimum absolute atomic E-state index is 0.370. The summed E-state index contributed by atoms with van der Waals surface area (Å²) >= 11 is 0. The van der Waals surface area contributed by atoms with Crippen molar-refractivity contribution in [2.45, 2.75) is 26.7 Å². The maximum Gasteiger partial charge on any atom is 0.143 e. The lowest BCUT2D eigenvalue weighted by Crippen LogP contribution is -2.01. The van der Waals surface area contributed by atoms with E-state index in [9.17, 15) is 4.39 Å². The summed E-state index contributed by atoms with van der Waals surface area (Å²) in [5.74, 6) is 0.247. The highest BCUT2D eigenvalue weighted by Crippen LogP contribution is 2.14. The number of pyridine rings is 1. The molecule has 1 rings (SSSR count). The lowest BCUT2D eigenvalue weighted by Gasteiger charge is -2.06. The average molecular weight is 182 g/mol. The second-order valence-corrected chi connectivity index (χ2v) is 3.62. The molecule has 0 saturated carbocycles. The molecule has 0 spiro atoms. The van der Waals surface area contributed by atoms with Crippen LogP contribution in [0, 0.1) is 11.7 Å². The van der Waals surface area contributed by atoms with Crippen LogP contribution in [0.4, 0.5) is 10.1 Å². The predicted octanol–water partition coefficient (Wildman–Crippen LogP) is 2.39. The number of aromatic nitrogens is 1. The Morgan fingerprint density at radius 2 is 2.23 bits per heavy atom. The van der Waals surface area contributed by atoms with E-state index in [2.05, 4.69) is 18.8 Å². The zero-order valence-electron chi connectivity index (χ0n) is 8.05. The number of nitrogen functional groups attached to an aromatic ring is 1. The van der Waals surface area contributed by atoms with Gasteiger partial charge in [-0.2, -0.15) is 0 Å². The number of anilines is 1. The Labute approximate surface area is 78.0 Å². The monoisotopic (exact) mass is 182 g/mol. The molecule has 0 amide bonds. The summed E-state index contributed by atoms with van der Waals surface area (Å²) in [5.41, 5.74) is 6.87. The SMILES string of the molecule is CC(C)CCc1ncc(F)cc1N. The van der Waals surface area contributed by atoms with Gasteiger partial charge >= 0.3 is 0 Å². The van der Waals surface area contributed by atoms with Crippen LogP contribution in [-0.2, 0) is 6.42 Å². The fourth-order valence-corrected chi connectivity index (χ4v) is 1.12. The topological polar surface area (TPSA) is 38.9 Å². The van der Waals surface area contributed by atoms with Crippen LogP contribution in [0.15, 0.2) is 12.3 Å². The number of hydrogen-bond donors (Lipinski definition) is 1. The molecule has 1 aromatic rings. The minimum Gasteiger partial charge on any atom is -0.397 e. The Bertz CT molecular complexity index is 284. The van der Waals surface area contributed by atoms with Crippen molar-refractivity contribution in [3.05, 3.63) is 23.8 Å². The summed E-state index contributed by atoms with van der Waals surface area (Å²) in [5, 5.41) is 0. The molecule has 0 aliphatic heterocycles. The summed E-state index contributed by atoms with van der Waals surface area (Å²) in [7, 11) is 0. The van der Waals surface area contributed by atoms with E-state index < -0.39 is 0 Å². The molecule has 0 saturated heterocycles. The highest BCUT2D eigenvalue weighted by molar-refractivity contribution is 5.42. The summed E-state index contributed by atoms with van der Waals surface area (Å²) in [4.78, 5) is 3.95. The van der Waals surface area contributed by atoms with Crippen LogP contribution in [-0.4, -0.2) is 4.98 Å². The van der Waals surface area contributed by atoms with Gasteiger partial charge in [0.1, 0.15) is 5.82 Å². The maximum absolute atomic E-state index is 12.6. The quantitative estimate of drug-likeness (QED) is 0.779. The predicted molar refractivity (Wildman–Crippen MR) is 51.8 cm³/mol. The molecule has 0 aliphatic rings. The van der Waals surface area contributed by atoms with Crippen molar-refractivity contribution in [2.24, 2.45) is 5.92 Å². The third kappa shape index (κ3) is 3.01. The Morgan fingerprint density at radius 3 is 2.77 bits per heavy atom. The molecule has 2 N–H and O–H groups in total. The fraction of sp³-hybridized carbons (Fsp3) is 0.500. The zero-order valence-corrected chi connectivity index (χ0v) is 8.05. The molecule has 3 heteroatoms. The molecule has 0 unspecified atom stereocenters. The number of aryl methyl sites for hydroxylation is 1. The molecular weight excluding hydrogens is 167 g/mol. The molecule has 13 heavy (non-hydrogen) atoms. The van der Waals surface area contributed by atoms with Gasteiger partial charge < -0.3 is 5.73 Å². The third-order valence-corrected chi connectivity index (χ3v) is 1.93. The standard InChI is InChI=1S/C10H15FN2/c1-7(2)3-4-10-9(12)5-8(11)6-13-10/h5-7H,3-4,12H2,1-2H3. The van der Waals surface area contributed by atoms with E-state index in [1.54, 1.807) is 0 Å². The molecule has 1 heterocycles. The van der Waals surface area contributed by atoms with Gasteiger partial charge in [-0.15, -0.1) is 0 Å². The van der Waals surface area contributed by atoms with Crippen LogP contribution in [0.3, 0.4) is 0 Å². The Kier molecular flexibility index (Phi) is 3.23. The zero-order chi connectivity index (χ0) is 9.84. The first kappa shape index (κ1) is 9.96. The molecule has 0 bridgehead atoms. The number of rotatable bonds is 3. The molecule has 0 atom stereocenters. The number of hydrogen-bond acceptors (Lipinski definition) is 2. The van der Waals surface area contributed by atoms with Crippen LogP contribution >= 0.6 is 0 Å². The number of nitrogens with zero attached hydrogens (tertiary/aromatic N) is 1. The summed E-state index contributed by atoms with van der Waals surface area (Å²) in [6.45, 7) is 4.28. The van der Waals surface area contributed by atoms with E-state index in [0.717, 1.165) is 18.5 Å². The lowest BCUT2D eigenvalue weighted by atomic mass is 10.1. The van der Waals surface area contributed by atoms with Gasteiger partial charge in [-0.25, -0.2) is 4.39 Å². The van der Waals surface area contributed by atoms with E-state index in [4.69, 9.17) is 5.73 Å². The van der Waals surface area contributed by atoms with Crippen molar-refractivity contribution in [3.63, 3.8) is 0 Å².